The molecule has 7 heteroatoms. The van der Waals surface area contributed by atoms with Crippen LogP contribution >= 0.6 is 23.4 Å². The van der Waals surface area contributed by atoms with Gasteiger partial charge in [0.15, 0.2) is 0 Å². The highest BCUT2D eigenvalue weighted by Crippen LogP contribution is 2.32. The third-order valence-corrected chi connectivity index (χ3v) is 5.94. The number of anilines is 1. The van der Waals surface area contributed by atoms with E-state index >= 15 is 0 Å². The van der Waals surface area contributed by atoms with E-state index in [0.717, 1.165) is 59.9 Å². The number of nitrogens with zero attached hydrogens (tertiary/aromatic N) is 3. The lowest BCUT2D eigenvalue weighted by molar-refractivity contribution is -0.121. The van der Waals surface area contributed by atoms with Crippen LogP contribution in [0.2, 0.25) is 5.02 Å². The van der Waals surface area contributed by atoms with Gasteiger partial charge in [-0.3, -0.25) is 9.78 Å². The number of pyridine rings is 2. The lowest BCUT2D eigenvalue weighted by atomic mass is 10.0. The van der Waals surface area contributed by atoms with Crippen molar-refractivity contribution in [3.8, 4) is 11.3 Å². The van der Waals surface area contributed by atoms with Gasteiger partial charge in [0.2, 0.25) is 5.91 Å². The SMILES string of the molecule is CSCCC(=O)NC1CCN(c2cc(-c3ncc(C)cc3C)c(Cl)cn2)CC1. The predicted molar refractivity (Wildman–Crippen MR) is 118 cm³/mol. The number of carbonyl (C=O) groups excluding carboxylic acids is 1. The molecule has 0 aromatic carbocycles. The molecule has 0 atom stereocenters. The van der Waals surface area contributed by atoms with Crippen LogP contribution in [-0.2, 0) is 4.79 Å². The summed E-state index contributed by atoms with van der Waals surface area (Å²) in [5.74, 6) is 1.93. The Balaban J connectivity index is 1.68. The molecule has 1 saturated heterocycles. The molecule has 1 amide bonds. The number of amides is 1. The van der Waals surface area contributed by atoms with Crippen LogP contribution in [0.5, 0.6) is 0 Å². The van der Waals surface area contributed by atoms with Crippen LogP contribution in [0.1, 0.15) is 30.4 Å². The normalized spacial score (nSPS) is 14.9. The summed E-state index contributed by atoms with van der Waals surface area (Å²) in [6.45, 7) is 5.81. The Morgan fingerprint density at radius 3 is 2.68 bits per heavy atom. The van der Waals surface area contributed by atoms with Gasteiger partial charge in [0, 0.05) is 49.3 Å². The van der Waals surface area contributed by atoms with Gasteiger partial charge in [-0.15, -0.1) is 0 Å². The van der Waals surface area contributed by atoms with Crippen LogP contribution in [-0.4, -0.2) is 47.0 Å². The first kappa shape index (κ1) is 20.9. The summed E-state index contributed by atoms with van der Waals surface area (Å²) in [5, 5.41) is 3.76. The molecule has 1 aliphatic rings. The minimum absolute atomic E-state index is 0.153. The average molecular weight is 419 g/mol. The Morgan fingerprint density at radius 1 is 1.25 bits per heavy atom. The highest BCUT2D eigenvalue weighted by Gasteiger charge is 2.22. The van der Waals surface area contributed by atoms with Gasteiger partial charge >= 0.3 is 0 Å². The summed E-state index contributed by atoms with van der Waals surface area (Å²) in [7, 11) is 0. The number of carbonyl (C=O) groups is 1. The molecule has 3 rings (SSSR count). The summed E-state index contributed by atoms with van der Waals surface area (Å²) in [4.78, 5) is 23.3. The Kier molecular flexibility index (Phi) is 7.18. The molecule has 0 radical (unpaired) electrons. The second kappa shape index (κ2) is 9.61. The Hall–Kier alpha value is -1.79. The van der Waals surface area contributed by atoms with Crippen molar-refractivity contribution in [2.45, 2.75) is 39.2 Å². The summed E-state index contributed by atoms with van der Waals surface area (Å²) >= 11 is 8.13. The monoisotopic (exact) mass is 418 g/mol. The molecule has 3 heterocycles. The van der Waals surface area contributed by atoms with Crippen LogP contribution in [0.25, 0.3) is 11.3 Å². The molecule has 150 valence electrons. The van der Waals surface area contributed by atoms with Gasteiger partial charge in [0.25, 0.3) is 0 Å². The molecule has 2 aromatic heterocycles. The van der Waals surface area contributed by atoms with Crippen molar-refractivity contribution in [1.82, 2.24) is 15.3 Å². The lowest BCUT2D eigenvalue weighted by Gasteiger charge is -2.33. The fraction of sp³-hybridized carbons (Fsp3) is 0.476. The molecule has 2 aromatic rings. The number of piperidine rings is 1. The predicted octanol–water partition coefficient (Wildman–Crippen LogP) is 4.25. The average Bonchev–Trinajstić information content (AvgIpc) is 2.68. The molecule has 0 unspecified atom stereocenters. The molecular formula is C21H27ClN4OS. The van der Waals surface area contributed by atoms with Gasteiger partial charge in [-0.25, -0.2) is 4.98 Å². The van der Waals surface area contributed by atoms with E-state index in [-0.39, 0.29) is 11.9 Å². The van der Waals surface area contributed by atoms with E-state index in [4.69, 9.17) is 11.6 Å². The zero-order valence-corrected chi connectivity index (χ0v) is 18.2. The molecule has 28 heavy (non-hydrogen) atoms. The Labute approximate surface area is 176 Å². The van der Waals surface area contributed by atoms with E-state index in [1.165, 1.54) is 0 Å². The standard InChI is InChI=1S/C21H27ClN4OS/c1-14-10-15(2)21(24-12-14)17-11-19(23-13-18(17)22)26-7-4-16(5-8-26)25-20(27)6-9-28-3/h10-13,16H,4-9H2,1-3H3,(H,25,27). The maximum atomic E-state index is 11.9. The zero-order valence-electron chi connectivity index (χ0n) is 16.7. The summed E-state index contributed by atoms with van der Waals surface area (Å²) in [6, 6.07) is 4.40. The molecule has 1 aliphatic heterocycles. The van der Waals surface area contributed by atoms with Gasteiger partial charge in [0.05, 0.1) is 10.7 Å². The third kappa shape index (κ3) is 5.17. The van der Waals surface area contributed by atoms with E-state index < -0.39 is 0 Å². The van der Waals surface area contributed by atoms with Crippen LogP contribution in [0.15, 0.2) is 24.5 Å². The number of halogens is 1. The quantitative estimate of drug-likeness (QED) is 0.759. The van der Waals surface area contributed by atoms with Crippen molar-refractivity contribution in [3.63, 3.8) is 0 Å². The number of thioether (sulfide) groups is 1. The Bertz CT molecular complexity index is 837. The minimum atomic E-state index is 0.153. The lowest BCUT2D eigenvalue weighted by Crippen LogP contribution is -2.45. The van der Waals surface area contributed by atoms with Gasteiger partial charge < -0.3 is 10.2 Å². The second-order valence-electron chi connectivity index (χ2n) is 7.27. The second-order valence-corrected chi connectivity index (χ2v) is 8.66. The molecule has 1 N–H and O–H groups in total. The molecule has 0 saturated carbocycles. The molecule has 1 fully saturated rings. The van der Waals surface area contributed by atoms with Crippen LogP contribution in [0.4, 0.5) is 5.82 Å². The van der Waals surface area contributed by atoms with Crippen molar-refractivity contribution in [1.29, 1.82) is 0 Å². The number of aryl methyl sites for hydroxylation is 2. The van der Waals surface area contributed by atoms with E-state index in [9.17, 15) is 4.79 Å². The fourth-order valence-electron chi connectivity index (χ4n) is 3.53. The number of hydrogen-bond donors (Lipinski definition) is 1. The molecule has 5 nitrogen and oxygen atoms in total. The third-order valence-electron chi connectivity index (χ3n) is 5.03. The molecule has 0 spiro atoms. The maximum absolute atomic E-state index is 11.9. The first-order chi connectivity index (χ1) is 13.5. The fourth-order valence-corrected chi connectivity index (χ4v) is 4.11. The number of hydrogen-bond acceptors (Lipinski definition) is 5. The van der Waals surface area contributed by atoms with E-state index in [1.807, 2.05) is 25.4 Å². The van der Waals surface area contributed by atoms with Gasteiger partial charge in [-0.05, 0) is 50.1 Å². The van der Waals surface area contributed by atoms with Gasteiger partial charge in [-0.2, -0.15) is 11.8 Å². The van der Waals surface area contributed by atoms with Crippen molar-refractivity contribution in [2.24, 2.45) is 0 Å². The summed E-state index contributed by atoms with van der Waals surface area (Å²) < 4.78 is 0. The van der Waals surface area contributed by atoms with Gasteiger partial charge in [0.1, 0.15) is 5.82 Å². The van der Waals surface area contributed by atoms with Crippen molar-refractivity contribution >= 4 is 35.1 Å². The number of rotatable bonds is 6. The van der Waals surface area contributed by atoms with Crippen molar-refractivity contribution in [2.75, 3.05) is 30.0 Å². The van der Waals surface area contributed by atoms with E-state index in [2.05, 4.69) is 33.2 Å². The van der Waals surface area contributed by atoms with Crippen LogP contribution in [0.3, 0.4) is 0 Å². The van der Waals surface area contributed by atoms with Crippen LogP contribution in [0, 0.1) is 13.8 Å². The van der Waals surface area contributed by atoms with Crippen molar-refractivity contribution in [3.05, 3.63) is 40.7 Å². The first-order valence-corrected chi connectivity index (χ1v) is 11.4. The summed E-state index contributed by atoms with van der Waals surface area (Å²) in [5.41, 5.74) is 4.05. The topological polar surface area (TPSA) is 58.1 Å². The highest BCUT2D eigenvalue weighted by molar-refractivity contribution is 7.98. The molecule has 0 aliphatic carbocycles. The van der Waals surface area contributed by atoms with Crippen molar-refractivity contribution < 1.29 is 4.79 Å². The van der Waals surface area contributed by atoms with Gasteiger partial charge in [-0.1, -0.05) is 17.7 Å². The smallest absolute Gasteiger partial charge is 0.221 e. The minimum Gasteiger partial charge on any atom is -0.356 e. The highest BCUT2D eigenvalue weighted by atomic mass is 35.5. The zero-order chi connectivity index (χ0) is 20.1. The van der Waals surface area contributed by atoms with Crippen LogP contribution < -0.4 is 10.2 Å². The van der Waals surface area contributed by atoms with E-state index in [1.54, 1.807) is 18.0 Å². The maximum Gasteiger partial charge on any atom is 0.221 e. The molecular weight excluding hydrogens is 392 g/mol. The molecule has 0 bridgehead atoms. The Morgan fingerprint density at radius 2 is 2.00 bits per heavy atom. The van der Waals surface area contributed by atoms with E-state index in [0.29, 0.717) is 11.4 Å². The number of nitrogens with one attached hydrogen (secondary N) is 1. The summed E-state index contributed by atoms with van der Waals surface area (Å²) in [6.07, 6.45) is 8.03. The number of aromatic nitrogens is 2. The largest absolute Gasteiger partial charge is 0.356 e. The first-order valence-electron chi connectivity index (χ1n) is 9.60.